The summed E-state index contributed by atoms with van der Waals surface area (Å²) in [6, 6.07) is 0. The zero-order chi connectivity index (χ0) is 10.4. The van der Waals surface area contributed by atoms with E-state index in [-0.39, 0.29) is 0 Å². The second kappa shape index (κ2) is 5.93. The monoisotopic (exact) mass is 215 g/mol. The predicted molar refractivity (Wildman–Crippen MR) is 58.6 cm³/mol. The molecule has 0 amide bonds. The van der Waals surface area contributed by atoms with Crippen LogP contribution in [0.25, 0.3) is 0 Å². The van der Waals surface area contributed by atoms with E-state index in [0.29, 0.717) is 19.1 Å². The Bertz CT molecular complexity index is 262. The summed E-state index contributed by atoms with van der Waals surface area (Å²) in [7, 11) is 0. The standard InChI is InChI=1S/C9H17N3OS/c1-4-13-6-8-11-9(14-12-8)10-5-7(2)3/h7H,4-6H2,1-3H3,(H,10,11,12). The summed E-state index contributed by atoms with van der Waals surface area (Å²) in [5, 5.41) is 4.11. The summed E-state index contributed by atoms with van der Waals surface area (Å²) in [4.78, 5) is 4.29. The Labute approximate surface area is 88.9 Å². The molecule has 0 spiro atoms. The van der Waals surface area contributed by atoms with Gasteiger partial charge in [-0.05, 0) is 12.8 Å². The average molecular weight is 215 g/mol. The van der Waals surface area contributed by atoms with Crippen molar-refractivity contribution in [3.8, 4) is 0 Å². The van der Waals surface area contributed by atoms with E-state index in [1.165, 1.54) is 11.5 Å². The molecule has 0 aromatic carbocycles. The molecule has 0 radical (unpaired) electrons. The summed E-state index contributed by atoms with van der Waals surface area (Å²) >= 11 is 1.39. The first-order valence-electron chi connectivity index (χ1n) is 4.86. The van der Waals surface area contributed by atoms with Gasteiger partial charge in [0.15, 0.2) is 5.82 Å². The Balaban J connectivity index is 2.35. The van der Waals surface area contributed by atoms with Crippen LogP contribution in [0, 0.1) is 5.92 Å². The van der Waals surface area contributed by atoms with Gasteiger partial charge in [-0.15, -0.1) is 0 Å². The third-order valence-electron chi connectivity index (χ3n) is 1.56. The molecular formula is C9H17N3OS. The van der Waals surface area contributed by atoms with Crippen LogP contribution in [-0.2, 0) is 11.3 Å². The molecule has 1 aromatic rings. The van der Waals surface area contributed by atoms with Gasteiger partial charge in [0.25, 0.3) is 0 Å². The van der Waals surface area contributed by atoms with Crippen LogP contribution in [0.3, 0.4) is 0 Å². The molecule has 80 valence electrons. The first kappa shape index (κ1) is 11.4. The largest absolute Gasteiger partial charge is 0.374 e. The molecule has 0 aliphatic rings. The van der Waals surface area contributed by atoms with Crippen LogP contribution >= 0.6 is 11.5 Å². The maximum Gasteiger partial charge on any atom is 0.202 e. The molecule has 0 bridgehead atoms. The fourth-order valence-electron chi connectivity index (χ4n) is 0.869. The van der Waals surface area contributed by atoms with Gasteiger partial charge in [-0.25, -0.2) is 4.98 Å². The van der Waals surface area contributed by atoms with Crippen LogP contribution in [0.5, 0.6) is 0 Å². The van der Waals surface area contributed by atoms with E-state index < -0.39 is 0 Å². The Kier molecular flexibility index (Phi) is 4.82. The zero-order valence-corrected chi connectivity index (χ0v) is 9.73. The first-order chi connectivity index (χ1) is 6.72. The number of rotatable bonds is 6. The lowest BCUT2D eigenvalue weighted by molar-refractivity contribution is 0.129. The van der Waals surface area contributed by atoms with Gasteiger partial charge in [-0.1, -0.05) is 13.8 Å². The van der Waals surface area contributed by atoms with Crippen molar-refractivity contribution in [3.63, 3.8) is 0 Å². The molecule has 0 fully saturated rings. The van der Waals surface area contributed by atoms with Gasteiger partial charge in [0, 0.05) is 24.7 Å². The quantitative estimate of drug-likeness (QED) is 0.789. The molecule has 0 saturated carbocycles. The molecule has 4 nitrogen and oxygen atoms in total. The minimum atomic E-state index is 0.510. The van der Waals surface area contributed by atoms with Crippen LogP contribution in [0.4, 0.5) is 5.13 Å². The third kappa shape index (κ3) is 4.02. The van der Waals surface area contributed by atoms with Crippen molar-refractivity contribution in [1.82, 2.24) is 9.36 Å². The minimum absolute atomic E-state index is 0.510. The molecule has 14 heavy (non-hydrogen) atoms. The fraction of sp³-hybridized carbons (Fsp3) is 0.778. The van der Waals surface area contributed by atoms with Gasteiger partial charge in [-0.3, -0.25) is 0 Å². The third-order valence-corrected chi connectivity index (χ3v) is 2.28. The van der Waals surface area contributed by atoms with Crippen molar-refractivity contribution in [2.24, 2.45) is 5.92 Å². The van der Waals surface area contributed by atoms with Gasteiger partial charge in [0.05, 0.1) is 0 Å². The number of nitrogens with zero attached hydrogens (tertiary/aromatic N) is 2. The van der Waals surface area contributed by atoms with Crippen molar-refractivity contribution < 1.29 is 4.74 Å². The summed E-state index contributed by atoms with van der Waals surface area (Å²) in [6.07, 6.45) is 0. The van der Waals surface area contributed by atoms with E-state index in [4.69, 9.17) is 4.74 Å². The van der Waals surface area contributed by atoms with Gasteiger partial charge in [-0.2, -0.15) is 4.37 Å². The number of aromatic nitrogens is 2. The topological polar surface area (TPSA) is 47.0 Å². The number of hydrogen-bond donors (Lipinski definition) is 1. The molecule has 1 aromatic heterocycles. The highest BCUT2D eigenvalue weighted by Gasteiger charge is 2.03. The van der Waals surface area contributed by atoms with Crippen LogP contribution in [0.2, 0.25) is 0 Å². The molecule has 0 saturated heterocycles. The Morgan fingerprint density at radius 3 is 2.93 bits per heavy atom. The van der Waals surface area contributed by atoms with Crippen LogP contribution < -0.4 is 5.32 Å². The van der Waals surface area contributed by atoms with E-state index in [2.05, 4.69) is 28.5 Å². The van der Waals surface area contributed by atoms with E-state index in [0.717, 1.165) is 17.5 Å². The van der Waals surface area contributed by atoms with Crippen molar-refractivity contribution in [2.45, 2.75) is 27.4 Å². The highest BCUT2D eigenvalue weighted by molar-refractivity contribution is 7.09. The SMILES string of the molecule is CCOCc1nsc(NCC(C)C)n1. The molecule has 1 heterocycles. The summed E-state index contributed by atoms with van der Waals surface area (Å²) in [5.41, 5.74) is 0. The summed E-state index contributed by atoms with van der Waals surface area (Å²) in [5.74, 6) is 1.39. The molecule has 1 N–H and O–H groups in total. The number of anilines is 1. The summed E-state index contributed by atoms with van der Waals surface area (Å²) in [6.45, 7) is 8.43. The molecular weight excluding hydrogens is 198 g/mol. The highest BCUT2D eigenvalue weighted by Crippen LogP contribution is 2.11. The van der Waals surface area contributed by atoms with Crippen LogP contribution in [0.1, 0.15) is 26.6 Å². The molecule has 0 aliphatic heterocycles. The van der Waals surface area contributed by atoms with E-state index >= 15 is 0 Å². The van der Waals surface area contributed by atoms with Gasteiger partial charge in [0.1, 0.15) is 6.61 Å². The van der Waals surface area contributed by atoms with Crippen molar-refractivity contribution in [1.29, 1.82) is 0 Å². The van der Waals surface area contributed by atoms with Crippen molar-refractivity contribution in [2.75, 3.05) is 18.5 Å². The van der Waals surface area contributed by atoms with E-state index in [1.807, 2.05) is 6.92 Å². The Morgan fingerprint density at radius 1 is 1.50 bits per heavy atom. The predicted octanol–water partition coefficient (Wildman–Crippen LogP) is 2.14. The zero-order valence-electron chi connectivity index (χ0n) is 8.91. The number of nitrogens with one attached hydrogen (secondary N) is 1. The first-order valence-corrected chi connectivity index (χ1v) is 5.64. The second-order valence-corrected chi connectivity index (χ2v) is 4.18. The Morgan fingerprint density at radius 2 is 2.29 bits per heavy atom. The molecule has 0 unspecified atom stereocenters. The molecule has 1 rings (SSSR count). The fourth-order valence-corrected chi connectivity index (χ4v) is 1.45. The van der Waals surface area contributed by atoms with Gasteiger partial charge >= 0.3 is 0 Å². The van der Waals surface area contributed by atoms with Crippen LogP contribution in [0.15, 0.2) is 0 Å². The van der Waals surface area contributed by atoms with E-state index in [9.17, 15) is 0 Å². The number of ether oxygens (including phenoxy) is 1. The maximum atomic E-state index is 5.21. The lowest BCUT2D eigenvalue weighted by atomic mass is 10.2. The molecule has 5 heteroatoms. The lowest BCUT2D eigenvalue weighted by Gasteiger charge is -2.03. The lowest BCUT2D eigenvalue weighted by Crippen LogP contribution is -2.07. The van der Waals surface area contributed by atoms with Crippen molar-refractivity contribution >= 4 is 16.7 Å². The second-order valence-electron chi connectivity index (χ2n) is 3.43. The van der Waals surface area contributed by atoms with Gasteiger partial charge in [0.2, 0.25) is 5.13 Å². The highest BCUT2D eigenvalue weighted by atomic mass is 32.1. The maximum absolute atomic E-state index is 5.21. The van der Waals surface area contributed by atoms with Crippen LogP contribution in [-0.4, -0.2) is 22.5 Å². The summed E-state index contributed by atoms with van der Waals surface area (Å²) < 4.78 is 9.39. The molecule has 0 atom stereocenters. The Hall–Kier alpha value is -0.680. The smallest absolute Gasteiger partial charge is 0.202 e. The minimum Gasteiger partial charge on any atom is -0.374 e. The number of hydrogen-bond acceptors (Lipinski definition) is 5. The molecule has 0 aliphatic carbocycles. The van der Waals surface area contributed by atoms with Gasteiger partial charge < -0.3 is 10.1 Å². The average Bonchev–Trinajstić information content (AvgIpc) is 2.59. The van der Waals surface area contributed by atoms with E-state index in [1.54, 1.807) is 0 Å². The van der Waals surface area contributed by atoms with Crippen molar-refractivity contribution in [3.05, 3.63) is 5.82 Å². The normalized spacial score (nSPS) is 10.9.